The number of rotatable bonds is 9. The number of anilines is 2. The molecule has 10 heteroatoms. The molecule has 0 bridgehead atoms. The number of carbonyl (C=O) groups is 2. The van der Waals surface area contributed by atoms with E-state index in [-0.39, 0.29) is 18.0 Å². The van der Waals surface area contributed by atoms with E-state index in [0.29, 0.717) is 36.9 Å². The number of hydrogen-bond donors (Lipinski definition) is 4. The highest BCUT2D eigenvalue weighted by atomic mass is 79.9. The van der Waals surface area contributed by atoms with Crippen molar-refractivity contribution in [3.63, 3.8) is 0 Å². The number of amides is 3. The van der Waals surface area contributed by atoms with Gasteiger partial charge in [-0.15, -0.1) is 0 Å². The minimum Gasteiger partial charge on any atom is -0.497 e. The molecule has 2 aromatic carbocycles. The highest BCUT2D eigenvalue weighted by Gasteiger charge is 2.30. The van der Waals surface area contributed by atoms with Gasteiger partial charge in [0.1, 0.15) is 5.75 Å². The second kappa shape index (κ2) is 12.8. The number of benzene rings is 2. The molecule has 5 N–H and O–H groups in total. The molecular weight excluding hydrogens is 548 g/mol. The van der Waals surface area contributed by atoms with Crippen LogP contribution >= 0.6 is 15.9 Å². The van der Waals surface area contributed by atoms with Crippen LogP contribution < -0.4 is 26.4 Å². The molecule has 1 saturated heterocycles. The van der Waals surface area contributed by atoms with Crippen molar-refractivity contribution in [2.24, 2.45) is 0 Å². The summed E-state index contributed by atoms with van der Waals surface area (Å²) in [5, 5.41) is 9.47. The van der Waals surface area contributed by atoms with Gasteiger partial charge in [0, 0.05) is 67.1 Å². The summed E-state index contributed by atoms with van der Waals surface area (Å²) in [7, 11) is 1.65. The van der Waals surface area contributed by atoms with E-state index in [1.165, 1.54) is 0 Å². The SMILES string of the molecule is COc1ccc2c(c1)CCN(C1CCN(CCNC(=O)c3cc(Br)c(N)c(CNC(C)C)c3)CC1)C(=O)N2. The van der Waals surface area contributed by atoms with Gasteiger partial charge in [0.25, 0.3) is 5.91 Å². The Morgan fingerprint density at radius 2 is 1.97 bits per heavy atom. The second-order valence-corrected chi connectivity index (χ2v) is 11.1. The van der Waals surface area contributed by atoms with Gasteiger partial charge >= 0.3 is 6.03 Å². The van der Waals surface area contributed by atoms with Crippen molar-refractivity contribution in [2.75, 3.05) is 50.9 Å². The minimum atomic E-state index is -0.108. The Morgan fingerprint density at radius 3 is 2.68 bits per heavy atom. The van der Waals surface area contributed by atoms with Gasteiger partial charge < -0.3 is 36.2 Å². The van der Waals surface area contributed by atoms with Gasteiger partial charge in [0.05, 0.1) is 12.8 Å². The second-order valence-electron chi connectivity index (χ2n) is 10.3. The summed E-state index contributed by atoms with van der Waals surface area (Å²) in [6, 6.07) is 9.93. The molecule has 3 amide bonds. The number of urea groups is 1. The van der Waals surface area contributed by atoms with Crippen LogP contribution in [0.15, 0.2) is 34.8 Å². The summed E-state index contributed by atoms with van der Waals surface area (Å²) in [6.45, 7) is 8.56. The van der Waals surface area contributed by atoms with E-state index in [4.69, 9.17) is 10.5 Å². The molecule has 0 aromatic heterocycles. The molecule has 2 aliphatic heterocycles. The Hall–Kier alpha value is -2.82. The van der Waals surface area contributed by atoms with Crippen molar-refractivity contribution in [1.29, 1.82) is 0 Å². The standard InChI is InChI=1S/C28H39BrN6O3/c1-18(2)32-17-21-14-20(16-24(29)26(21)30)27(36)31-9-13-34-10-7-22(8-11-34)35-12-6-19-15-23(38-3)4-5-25(19)33-28(35)37/h4-5,14-16,18,22,32H,6-13,17,30H2,1-3H3,(H,31,36)(H,33,37). The van der Waals surface area contributed by atoms with E-state index in [2.05, 4.69) is 50.6 Å². The topological polar surface area (TPSA) is 112 Å². The summed E-state index contributed by atoms with van der Waals surface area (Å²) in [5.74, 6) is 0.697. The number of methoxy groups -OCH3 is 1. The van der Waals surface area contributed by atoms with Crippen LogP contribution in [0, 0.1) is 0 Å². The van der Waals surface area contributed by atoms with Crippen LogP contribution in [-0.2, 0) is 13.0 Å². The van der Waals surface area contributed by atoms with Gasteiger partial charge in [0.2, 0.25) is 0 Å². The Labute approximate surface area is 233 Å². The number of hydrogen-bond acceptors (Lipinski definition) is 6. The molecule has 4 rings (SSSR count). The number of likely N-dealkylation sites (tertiary alicyclic amines) is 1. The zero-order chi connectivity index (χ0) is 27.2. The van der Waals surface area contributed by atoms with Crippen LogP contribution in [0.5, 0.6) is 5.75 Å². The lowest BCUT2D eigenvalue weighted by atomic mass is 10.0. The maximum atomic E-state index is 12.9. The van der Waals surface area contributed by atoms with Crippen molar-refractivity contribution in [2.45, 2.75) is 51.7 Å². The average molecular weight is 588 g/mol. The minimum absolute atomic E-state index is 0.0303. The van der Waals surface area contributed by atoms with E-state index < -0.39 is 0 Å². The van der Waals surface area contributed by atoms with E-state index in [1.54, 1.807) is 13.2 Å². The molecule has 38 heavy (non-hydrogen) atoms. The molecule has 2 aliphatic rings. The van der Waals surface area contributed by atoms with E-state index in [0.717, 1.165) is 65.9 Å². The third-order valence-corrected chi connectivity index (χ3v) is 7.98. The Kier molecular flexibility index (Phi) is 9.51. The average Bonchev–Trinajstić information content (AvgIpc) is 3.07. The first-order valence-corrected chi connectivity index (χ1v) is 14.1. The summed E-state index contributed by atoms with van der Waals surface area (Å²) in [6.07, 6.45) is 2.63. The van der Waals surface area contributed by atoms with Gasteiger partial charge in [-0.25, -0.2) is 4.79 Å². The molecule has 2 aromatic rings. The fraction of sp³-hybridized carbons (Fsp3) is 0.500. The van der Waals surface area contributed by atoms with Crippen LogP contribution in [0.25, 0.3) is 0 Å². The summed E-state index contributed by atoms with van der Waals surface area (Å²) < 4.78 is 6.07. The number of nitrogens with zero attached hydrogens (tertiary/aromatic N) is 2. The molecule has 0 unspecified atom stereocenters. The van der Waals surface area contributed by atoms with E-state index in [1.807, 2.05) is 29.2 Å². The number of nitrogen functional groups attached to an aromatic ring is 1. The molecule has 1 fully saturated rings. The number of ether oxygens (including phenoxy) is 1. The smallest absolute Gasteiger partial charge is 0.322 e. The monoisotopic (exact) mass is 586 g/mol. The zero-order valence-corrected chi connectivity index (χ0v) is 24.1. The van der Waals surface area contributed by atoms with Crippen molar-refractivity contribution >= 4 is 39.2 Å². The van der Waals surface area contributed by atoms with Crippen LogP contribution in [-0.4, -0.2) is 73.7 Å². The number of piperidine rings is 1. The number of fused-ring (bicyclic) bond motifs is 1. The Balaban J connectivity index is 1.24. The van der Waals surface area contributed by atoms with E-state index >= 15 is 0 Å². The molecule has 0 spiro atoms. The normalized spacial score (nSPS) is 16.7. The maximum Gasteiger partial charge on any atom is 0.322 e. The largest absolute Gasteiger partial charge is 0.497 e. The quantitative estimate of drug-likeness (QED) is 0.332. The van der Waals surface area contributed by atoms with Crippen molar-refractivity contribution in [3.05, 3.63) is 51.5 Å². The van der Waals surface area contributed by atoms with Gasteiger partial charge in [-0.05, 0) is 76.7 Å². The fourth-order valence-corrected chi connectivity index (χ4v) is 5.56. The number of carbonyl (C=O) groups excluding carboxylic acids is 2. The first kappa shape index (κ1) is 28.2. The Bertz CT molecular complexity index is 1150. The molecule has 0 radical (unpaired) electrons. The van der Waals surface area contributed by atoms with Crippen LogP contribution in [0.3, 0.4) is 0 Å². The molecule has 0 aliphatic carbocycles. The number of halogens is 1. The molecule has 0 saturated carbocycles. The fourth-order valence-electron chi connectivity index (χ4n) is 5.05. The molecule has 206 valence electrons. The van der Waals surface area contributed by atoms with E-state index in [9.17, 15) is 9.59 Å². The van der Waals surface area contributed by atoms with Crippen LogP contribution in [0.4, 0.5) is 16.2 Å². The van der Waals surface area contributed by atoms with Crippen molar-refractivity contribution in [1.82, 2.24) is 20.4 Å². The van der Waals surface area contributed by atoms with Crippen molar-refractivity contribution < 1.29 is 14.3 Å². The molecule has 9 nitrogen and oxygen atoms in total. The molecule has 0 atom stereocenters. The van der Waals surface area contributed by atoms with Gasteiger partial charge in [0.15, 0.2) is 0 Å². The summed E-state index contributed by atoms with van der Waals surface area (Å²) in [5.41, 5.74) is 10.3. The molecular formula is C28H39BrN6O3. The third-order valence-electron chi connectivity index (χ3n) is 7.33. The van der Waals surface area contributed by atoms with Gasteiger partial charge in [-0.1, -0.05) is 13.8 Å². The number of nitrogens with one attached hydrogen (secondary N) is 3. The number of nitrogens with two attached hydrogens (primary N) is 1. The third kappa shape index (κ3) is 6.98. The first-order valence-electron chi connectivity index (χ1n) is 13.3. The summed E-state index contributed by atoms with van der Waals surface area (Å²) >= 11 is 3.49. The Morgan fingerprint density at radius 1 is 1.21 bits per heavy atom. The predicted octanol–water partition coefficient (Wildman–Crippen LogP) is 3.82. The lowest BCUT2D eigenvalue weighted by molar-refractivity contribution is 0.0937. The van der Waals surface area contributed by atoms with Crippen LogP contribution in [0.1, 0.15) is 48.2 Å². The van der Waals surface area contributed by atoms with Crippen LogP contribution in [0.2, 0.25) is 0 Å². The zero-order valence-electron chi connectivity index (χ0n) is 22.5. The van der Waals surface area contributed by atoms with Crippen molar-refractivity contribution in [3.8, 4) is 5.75 Å². The first-order chi connectivity index (χ1) is 18.2. The maximum absolute atomic E-state index is 12.9. The molecule has 2 heterocycles. The predicted molar refractivity (Wildman–Crippen MR) is 155 cm³/mol. The van der Waals surface area contributed by atoms with Gasteiger partial charge in [-0.2, -0.15) is 0 Å². The lowest BCUT2D eigenvalue weighted by Gasteiger charge is -2.38. The highest BCUT2D eigenvalue weighted by molar-refractivity contribution is 9.10. The highest BCUT2D eigenvalue weighted by Crippen LogP contribution is 2.28. The van der Waals surface area contributed by atoms with Gasteiger partial charge in [-0.3, -0.25) is 4.79 Å². The lowest BCUT2D eigenvalue weighted by Crippen LogP contribution is -2.49. The summed E-state index contributed by atoms with van der Waals surface area (Å²) in [4.78, 5) is 30.1.